The predicted octanol–water partition coefficient (Wildman–Crippen LogP) is 1.77. The summed E-state index contributed by atoms with van der Waals surface area (Å²) < 4.78 is 16.6. The third-order valence-corrected chi connectivity index (χ3v) is 5.32. The van der Waals surface area contributed by atoms with Crippen LogP contribution in [0, 0.1) is 0 Å². The fourth-order valence-corrected chi connectivity index (χ4v) is 4.16. The number of hydrogen-bond donors (Lipinski definition) is 2. The maximum Gasteiger partial charge on any atom is 0.189 e. The van der Waals surface area contributed by atoms with E-state index < -0.39 is 0 Å². The van der Waals surface area contributed by atoms with Gasteiger partial charge in [-0.1, -0.05) is 11.8 Å². The maximum absolute atomic E-state index is 6.24. The first-order chi connectivity index (χ1) is 10.2. The molecule has 0 amide bonds. The summed E-state index contributed by atoms with van der Waals surface area (Å²) in [6, 6.07) is 0. The first-order valence-corrected chi connectivity index (χ1v) is 7.91. The topological polar surface area (TPSA) is 83.0 Å². The van der Waals surface area contributed by atoms with Crippen molar-refractivity contribution in [2.75, 3.05) is 45.4 Å². The summed E-state index contributed by atoms with van der Waals surface area (Å²) in [5, 5.41) is 0.278. The SMILES string of the molecule is COc1c(N)c2c(c(N)c1OC)SC(N1CCCC1)CO2. The smallest absolute Gasteiger partial charge is 0.189 e. The van der Waals surface area contributed by atoms with Crippen molar-refractivity contribution in [2.24, 2.45) is 0 Å². The lowest BCUT2D eigenvalue weighted by molar-refractivity contribution is 0.206. The molecule has 2 aliphatic heterocycles. The molecule has 1 unspecified atom stereocenters. The van der Waals surface area contributed by atoms with Gasteiger partial charge < -0.3 is 25.7 Å². The summed E-state index contributed by atoms with van der Waals surface area (Å²) in [6.45, 7) is 2.83. The number of benzene rings is 1. The van der Waals surface area contributed by atoms with Crippen molar-refractivity contribution in [1.29, 1.82) is 0 Å². The van der Waals surface area contributed by atoms with E-state index in [4.69, 9.17) is 25.7 Å². The monoisotopic (exact) mass is 311 g/mol. The van der Waals surface area contributed by atoms with Crippen LogP contribution >= 0.6 is 11.8 Å². The van der Waals surface area contributed by atoms with Crippen LogP contribution in [0.25, 0.3) is 0 Å². The molecule has 21 heavy (non-hydrogen) atoms. The van der Waals surface area contributed by atoms with Crippen molar-refractivity contribution in [1.82, 2.24) is 4.90 Å². The zero-order valence-electron chi connectivity index (χ0n) is 12.3. The standard InChI is InChI=1S/C14H21N3O3S/c1-18-11-9(15)13-14(10(16)12(11)19-2)21-8(7-20-13)17-5-3-4-6-17/h8H,3-7,15-16H2,1-2H3. The molecule has 0 aliphatic carbocycles. The van der Waals surface area contributed by atoms with Crippen molar-refractivity contribution in [3.63, 3.8) is 0 Å². The van der Waals surface area contributed by atoms with Gasteiger partial charge in [-0.15, -0.1) is 0 Å². The minimum atomic E-state index is 0.278. The number of nitrogen functional groups attached to an aromatic ring is 2. The van der Waals surface area contributed by atoms with Crippen LogP contribution in [0.4, 0.5) is 11.4 Å². The van der Waals surface area contributed by atoms with E-state index in [9.17, 15) is 0 Å². The third kappa shape index (κ3) is 2.34. The molecular weight excluding hydrogens is 290 g/mol. The molecule has 1 aromatic rings. The zero-order valence-corrected chi connectivity index (χ0v) is 13.2. The maximum atomic E-state index is 6.24. The second-order valence-corrected chi connectivity index (χ2v) is 6.37. The van der Waals surface area contributed by atoms with Crippen LogP contribution in [0.15, 0.2) is 4.90 Å². The number of nitrogens with zero attached hydrogens (tertiary/aromatic N) is 1. The second-order valence-electron chi connectivity index (χ2n) is 5.18. The Balaban J connectivity index is 1.99. The largest absolute Gasteiger partial charge is 0.491 e. The summed E-state index contributed by atoms with van der Waals surface area (Å²) in [4.78, 5) is 3.29. The van der Waals surface area contributed by atoms with E-state index in [0.29, 0.717) is 35.2 Å². The number of rotatable bonds is 3. The van der Waals surface area contributed by atoms with Crippen LogP contribution in [0.5, 0.6) is 17.2 Å². The molecule has 1 aromatic carbocycles. The quantitative estimate of drug-likeness (QED) is 0.823. The molecule has 7 heteroatoms. The van der Waals surface area contributed by atoms with E-state index >= 15 is 0 Å². The molecule has 2 heterocycles. The van der Waals surface area contributed by atoms with Crippen molar-refractivity contribution >= 4 is 23.1 Å². The molecule has 0 saturated carbocycles. The fourth-order valence-electron chi connectivity index (χ4n) is 2.90. The van der Waals surface area contributed by atoms with Crippen molar-refractivity contribution < 1.29 is 14.2 Å². The molecule has 2 aliphatic rings. The summed E-state index contributed by atoms with van der Waals surface area (Å²) in [5.41, 5.74) is 13.4. The Hall–Kier alpha value is -1.47. The Labute approximate surface area is 128 Å². The molecule has 1 fully saturated rings. The van der Waals surface area contributed by atoms with Crippen molar-refractivity contribution in [2.45, 2.75) is 23.1 Å². The first-order valence-electron chi connectivity index (χ1n) is 7.03. The number of fused-ring (bicyclic) bond motifs is 1. The summed E-state index contributed by atoms with van der Waals surface area (Å²) in [7, 11) is 3.11. The molecule has 1 saturated heterocycles. The summed E-state index contributed by atoms with van der Waals surface area (Å²) in [5.74, 6) is 1.53. The van der Waals surface area contributed by atoms with E-state index in [1.807, 2.05) is 0 Å². The molecular formula is C14H21N3O3S. The highest BCUT2D eigenvalue weighted by Gasteiger charge is 2.33. The lowest BCUT2D eigenvalue weighted by Gasteiger charge is -2.33. The molecule has 0 radical (unpaired) electrons. The minimum Gasteiger partial charge on any atom is -0.491 e. The Morgan fingerprint density at radius 2 is 1.71 bits per heavy atom. The van der Waals surface area contributed by atoms with E-state index in [1.54, 1.807) is 26.0 Å². The lowest BCUT2D eigenvalue weighted by atomic mass is 10.2. The number of hydrogen-bond acceptors (Lipinski definition) is 7. The Kier molecular flexibility index (Phi) is 3.95. The molecule has 0 bridgehead atoms. The normalized spacial score (nSPS) is 21.7. The van der Waals surface area contributed by atoms with Crippen molar-refractivity contribution in [3.8, 4) is 17.2 Å². The Morgan fingerprint density at radius 1 is 1.10 bits per heavy atom. The third-order valence-electron chi connectivity index (χ3n) is 3.97. The number of likely N-dealkylation sites (tertiary alicyclic amines) is 1. The van der Waals surface area contributed by atoms with Gasteiger partial charge in [-0.2, -0.15) is 0 Å². The number of ether oxygens (including phenoxy) is 3. The molecule has 0 spiro atoms. The first kappa shape index (κ1) is 14.5. The highest BCUT2D eigenvalue weighted by Crippen LogP contribution is 2.54. The van der Waals surface area contributed by atoms with Gasteiger partial charge in [-0.25, -0.2) is 0 Å². The van der Waals surface area contributed by atoms with Crippen LogP contribution in [0.3, 0.4) is 0 Å². The lowest BCUT2D eigenvalue weighted by Crippen LogP contribution is -2.37. The van der Waals surface area contributed by atoms with Crippen LogP contribution in [-0.2, 0) is 0 Å². The summed E-state index contributed by atoms with van der Waals surface area (Å²) >= 11 is 1.70. The zero-order chi connectivity index (χ0) is 15.0. The average Bonchev–Trinajstić information content (AvgIpc) is 3.04. The minimum absolute atomic E-state index is 0.278. The highest BCUT2D eigenvalue weighted by molar-refractivity contribution is 8.00. The highest BCUT2D eigenvalue weighted by atomic mass is 32.2. The van der Waals surface area contributed by atoms with Crippen LogP contribution in [-0.4, -0.2) is 44.2 Å². The number of methoxy groups -OCH3 is 2. The van der Waals surface area contributed by atoms with Crippen LogP contribution in [0.2, 0.25) is 0 Å². The molecule has 116 valence electrons. The average molecular weight is 311 g/mol. The molecule has 0 aromatic heterocycles. The van der Waals surface area contributed by atoms with E-state index in [0.717, 1.165) is 18.0 Å². The van der Waals surface area contributed by atoms with E-state index in [1.165, 1.54) is 12.8 Å². The van der Waals surface area contributed by atoms with Gasteiger partial charge in [-0.3, -0.25) is 4.90 Å². The van der Waals surface area contributed by atoms with Gasteiger partial charge in [0.25, 0.3) is 0 Å². The fraction of sp³-hybridized carbons (Fsp3) is 0.571. The number of nitrogens with two attached hydrogens (primary N) is 2. The molecule has 3 rings (SSSR count). The Morgan fingerprint density at radius 3 is 2.33 bits per heavy atom. The Bertz CT molecular complexity index is 547. The van der Waals surface area contributed by atoms with E-state index in [-0.39, 0.29) is 5.37 Å². The molecule has 1 atom stereocenters. The molecule has 4 N–H and O–H groups in total. The van der Waals surface area contributed by atoms with Gasteiger partial charge in [0.05, 0.1) is 30.2 Å². The van der Waals surface area contributed by atoms with Gasteiger partial charge >= 0.3 is 0 Å². The van der Waals surface area contributed by atoms with Gasteiger partial charge in [0.1, 0.15) is 12.3 Å². The van der Waals surface area contributed by atoms with Gasteiger partial charge in [-0.05, 0) is 25.9 Å². The predicted molar refractivity (Wildman–Crippen MR) is 84.3 cm³/mol. The summed E-state index contributed by atoms with van der Waals surface area (Å²) in [6.07, 6.45) is 2.49. The molecule has 6 nitrogen and oxygen atoms in total. The second kappa shape index (κ2) is 5.73. The van der Waals surface area contributed by atoms with Gasteiger partial charge in [0.2, 0.25) is 0 Å². The van der Waals surface area contributed by atoms with Gasteiger partial charge in [0, 0.05) is 0 Å². The number of anilines is 2. The van der Waals surface area contributed by atoms with Crippen LogP contribution < -0.4 is 25.7 Å². The van der Waals surface area contributed by atoms with Gasteiger partial charge in [0.15, 0.2) is 17.2 Å². The number of thioether (sulfide) groups is 1. The van der Waals surface area contributed by atoms with E-state index in [2.05, 4.69) is 4.90 Å². The van der Waals surface area contributed by atoms with Crippen LogP contribution in [0.1, 0.15) is 12.8 Å². The van der Waals surface area contributed by atoms with Crippen molar-refractivity contribution in [3.05, 3.63) is 0 Å².